The normalized spacial score (nSPS) is 27.4. The first-order valence-corrected chi connectivity index (χ1v) is 6.54. The van der Waals surface area contributed by atoms with Crippen molar-refractivity contribution in [3.63, 3.8) is 0 Å². The van der Waals surface area contributed by atoms with Gasteiger partial charge < -0.3 is 5.11 Å². The number of carbonyl (C=O) groups excluding carboxylic acids is 1. The molecule has 0 aromatic carbocycles. The number of rotatable bonds is 6. The number of aliphatic hydroxyl groups is 1. The Hall–Kier alpha value is -0.340. The summed E-state index contributed by atoms with van der Waals surface area (Å²) in [6.07, 6.45) is 8.57. The molecular formula is C13H21ClO2. The van der Waals surface area contributed by atoms with Gasteiger partial charge >= 0.3 is 0 Å². The molecule has 1 saturated carbocycles. The van der Waals surface area contributed by atoms with Crippen molar-refractivity contribution in [3.05, 3.63) is 12.2 Å². The van der Waals surface area contributed by atoms with Gasteiger partial charge in [0.2, 0.25) is 0 Å². The van der Waals surface area contributed by atoms with Crippen LogP contribution in [0.3, 0.4) is 0 Å². The monoisotopic (exact) mass is 244 g/mol. The molecule has 0 amide bonds. The Bertz CT molecular complexity index is 248. The molecule has 0 spiro atoms. The molecule has 2 nitrogen and oxygen atoms in total. The van der Waals surface area contributed by atoms with Crippen LogP contribution in [0.1, 0.15) is 45.4 Å². The molecule has 1 aliphatic rings. The minimum atomic E-state index is -0.302. The summed E-state index contributed by atoms with van der Waals surface area (Å²) in [7, 11) is 0. The van der Waals surface area contributed by atoms with Crippen molar-refractivity contribution < 1.29 is 9.90 Å². The van der Waals surface area contributed by atoms with Crippen LogP contribution in [-0.2, 0) is 4.79 Å². The largest absolute Gasteiger partial charge is 0.393 e. The zero-order chi connectivity index (χ0) is 12.0. The van der Waals surface area contributed by atoms with E-state index in [2.05, 4.69) is 0 Å². The highest BCUT2D eigenvalue weighted by molar-refractivity contribution is 6.20. The van der Waals surface area contributed by atoms with Gasteiger partial charge in [-0.15, -0.1) is 11.6 Å². The molecular weight excluding hydrogens is 224 g/mol. The maximum atomic E-state index is 11.5. The van der Waals surface area contributed by atoms with E-state index in [1.165, 1.54) is 0 Å². The summed E-state index contributed by atoms with van der Waals surface area (Å²) in [4.78, 5) is 11.5. The predicted molar refractivity (Wildman–Crippen MR) is 66.7 cm³/mol. The van der Waals surface area contributed by atoms with Crippen molar-refractivity contribution >= 4 is 17.4 Å². The van der Waals surface area contributed by atoms with E-state index in [0.717, 1.165) is 25.7 Å². The number of carbonyl (C=O) groups is 1. The summed E-state index contributed by atoms with van der Waals surface area (Å²) >= 11 is 5.99. The summed E-state index contributed by atoms with van der Waals surface area (Å²) < 4.78 is 0. The number of ketones is 1. The van der Waals surface area contributed by atoms with Gasteiger partial charge in [0.1, 0.15) is 0 Å². The molecule has 0 aromatic heterocycles. The average molecular weight is 245 g/mol. The SMILES string of the molecule is C[C@@H](O)CCCC(=O)/C=C/[C@H]1CC[C@@H](Cl)C1. The number of hydrogen-bond acceptors (Lipinski definition) is 2. The van der Waals surface area contributed by atoms with Gasteiger partial charge in [-0.2, -0.15) is 0 Å². The van der Waals surface area contributed by atoms with Crippen molar-refractivity contribution in [1.29, 1.82) is 0 Å². The molecule has 1 aliphatic carbocycles. The van der Waals surface area contributed by atoms with Gasteiger partial charge in [-0.25, -0.2) is 0 Å². The molecule has 0 bridgehead atoms. The topological polar surface area (TPSA) is 37.3 Å². The fraction of sp³-hybridized carbons (Fsp3) is 0.769. The first kappa shape index (κ1) is 13.7. The van der Waals surface area contributed by atoms with Crippen molar-refractivity contribution in [2.45, 2.75) is 56.9 Å². The van der Waals surface area contributed by atoms with Gasteiger partial charge in [0, 0.05) is 11.8 Å². The first-order chi connectivity index (χ1) is 7.58. The molecule has 3 heteroatoms. The lowest BCUT2D eigenvalue weighted by Crippen LogP contribution is -2.01. The molecule has 0 aromatic rings. The van der Waals surface area contributed by atoms with Crippen LogP contribution in [0.4, 0.5) is 0 Å². The lowest BCUT2D eigenvalue weighted by atomic mass is 10.1. The quantitative estimate of drug-likeness (QED) is 0.576. The highest BCUT2D eigenvalue weighted by atomic mass is 35.5. The number of aliphatic hydroxyl groups excluding tert-OH is 1. The third kappa shape index (κ3) is 5.66. The molecule has 1 N–H and O–H groups in total. The second-order valence-electron chi connectivity index (χ2n) is 4.74. The molecule has 0 saturated heterocycles. The van der Waals surface area contributed by atoms with Crippen LogP contribution >= 0.6 is 11.6 Å². The molecule has 3 atom stereocenters. The lowest BCUT2D eigenvalue weighted by molar-refractivity contribution is -0.114. The minimum absolute atomic E-state index is 0.165. The molecule has 0 aliphatic heterocycles. The van der Waals surface area contributed by atoms with E-state index in [9.17, 15) is 4.79 Å². The Morgan fingerprint density at radius 1 is 1.56 bits per heavy atom. The molecule has 1 fully saturated rings. The Labute approximate surface area is 103 Å². The second kappa shape index (κ2) is 7.08. The Morgan fingerprint density at radius 3 is 2.88 bits per heavy atom. The van der Waals surface area contributed by atoms with Crippen molar-refractivity contribution in [3.8, 4) is 0 Å². The van der Waals surface area contributed by atoms with Crippen LogP contribution in [0.2, 0.25) is 0 Å². The first-order valence-electron chi connectivity index (χ1n) is 6.11. The van der Waals surface area contributed by atoms with Gasteiger partial charge in [-0.1, -0.05) is 6.08 Å². The van der Waals surface area contributed by atoms with E-state index in [0.29, 0.717) is 24.1 Å². The Morgan fingerprint density at radius 2 is 2.31 bits per heavy atom. The van der Waals surface area contributed by atoms with E-state index < -0.39 is 0 Å². The molecule has 1 rings (SSSR count). The van der Waals surface area contributed by atoms with Gasteiger partial charge in [0.25, 0.3) is 0 Å². The summed E-state index contributed by atoms with van der Waals surface area (Å²) in [5.74, 6) is 0.655. The van der Waals surface area contributed by atoms with Crippen molar-refractivity contribution in [2.75, 3.05) is 0 Å². The average Bonchev–Trinajstić information content (AvgIpc) is 2.61. The molecule has 0 unspecified atom stereocenters. The van der Waals surface area contributed by atoms with E-state index in [-0.39, 0.29) is 11.9 Å². The molecule has 0 heterocycles. The minimum Gasteiger partial charge on any atom is -0.393 e. The number of hydrogen-bond donors (Lipinski definition) is 1. The van der Waals surface area contributed by atoms with Crippen molar-refractivity contribution in [1.82, 2.24) is 0 Å². The maximum Gasteiger partial charge on any atom is 0.155 e. The van der Waals surface area contributed by atoms with Crippen LogP contribution in [-0.4, -0.2) is 22.4 Å². The maximum absolute atomic E-state index is 11.5. The smallest absolute Gasteiger partial charge is 0.155 e. The van der Waals surface area contributed by atoms with Gasteiger partial charge in [0.15, 0.2) is 5.78 Å². The number of alkyl halides is 1. The van der Waals surface area contributed by atoms with E-state index in [1.54, 1.807) is 13.0 Å². The van der Waals surface area contributed by atoms with Gasteiger partial charge in [-0.05, 0) is 51.0 Å². The van der Waals surface area contributed by atoms with Crippen LogP contribution in [0.5, 0.6) is 0 Å². The predicted octanol–water partition coefficient (Wildman–Crippen LogP) is 3.07. The summed E-state index contributed by atoms with van der Waals surface area (Å²) in [6.45, 7) is 1.75. The molecule has 0 radical (unpaired) electrons. The molecule has 92 valence electrons. The van der Waals surface area contributed by atoms with Crippen LogP contribution in [0.15, 0.2) is 12.2 Å². The number of halogens is 1. The van der Waals surface area contributed by atoms with E-state index >= 15 is 0 Å². The summed E-state index contributed by atoms with van der Waals surface area (Å²) in [5, 5.41) is 9.34. The summed E-state index contributed by atoms with van der Waals surface area (Å²) in [6, 6.07) is 0. The fourth-order valence-corrected chi connectivity index (χ4v) is 2.39. The third-order valence-electron chi connectivity index (χ3n) is 3.01. The highest BCUT2D eigenvalue weighted by Crippen LogP contribution is 2.30. The van der Waals surface area contributed by atoms with Gasteiger partial charge in [-0.3, -0.25) is 4.79 Å². The lowest BCUT2D eigenvalue weighted by Gasteiger charge is -2.02. The van der Waals surface area contributed by atoms with Crippen molar-refractivity contribution in [2.24, 2.45) is 5.92 Å². The Kier molecular flexibility index (Phi) is 6.07. The highest BCUT2D eigenvalue weighted by Gasteiger charge is 2.20. The van der Waals surface area contributed by atoms with Crippen LogP contribution < -0.4 is 0 Å². The summed E-state index contributed by atoms with van der Waals surface area (Å²) in [5.41, 5.74) is 0. The zero-order valence-corrected chi connectivity index (χ0v) is 10.6. The zero-order valence-electron chi connectivity index (χ0n) is 9.86. The third-order valence-corrected chi connectivity index (χ3v) is 3.40. The van der Waals surface area contributed by atoms with Crippen LogP contribution in [0, 0.1) is 5.92 Å². The van der Waals surface area contributed by atoms with E-state index in [1.807, 2.05) is 6.08 Å². The van der Waals surface area contributed by atoms with Gasteiger partial charge in [0.05, 0.1) is 6.10 Å². The van der Waals surface area contributed by atoms with E-state index in [4.69, 9.17) is 16.7 Å². The second-order valence-corrected chi connectivity index (χ2v) is 5.35. The molecule has 16 heavy (non-hydrogen) atoms. The number of allylic oxidation sites excluding steroid dienone is 2. The Balaban J connectivity index is 2.15. The fourth-order valence-electron chi connectivity index (χ4n) is 2.03. The van der Waals surface area contributed by atoms with Crippen LogP contribution in [0.25, 0.3) is 0 Å². The standard InChI is InChI=1S/C13H21ClO2/c1-10(15)3-2-4-13(16)8-6-11-5-7-12(14)9-11/h6,8,10-12,15H,2-5,7,9H2,1H3/b8-6+/t10-,11-,12-/m1/s1.